The van der Waals surface area contributed by atoms with Crippen molar-refractivity contribution in [2.45, 2.75) is 71.4 Å². The van der Waals surface area contributed by atoms with E-state index in [0.29, 0.717) is 13.1 Å². The Morgan fingerprint density at radius 2 is 1.75 bits per heavy atom. The van der Waals surface area contributed by atoms with Gasteiger partial charge in [0.1, 0.15) is 5.52 Å². The molecule has 2 atom stereocenters. The Kier molecular flexibility index (Phi) is 7.13. The fraction of sp³-hybridized carbons (Fsp3) is 0.394. The van der Waals surface area contributed by atoms with E-state index in [1.165, 1.54) is 11.1 Å². The van der Waals surface area contributed by atoms with Gasteiger partial charge in [-0.1, -0.05) is 61.4 Å². The summed E-state index contributed by atoms with van der Waals surface area (Å²) in [6.07, 6.45) is 6.18. The molecule has 0 spiro atoms. The highest BCUT2D eigenvalue weighted by Crippen LogP contribution is 2.38. The first kappa shape index (κ1) is 26.2. The van der Waals surface area contributed by atoms with Crippen molar-refractivity contribution < 1.29 is 14.7 Å². The molecule has 0 radical (unpaired) electrons. The molecule has 7 heteroatoms. The molecular formula is C33H36N4O3. The number of aromatic nitrogens is 3. The summed E-state index contributed by atoms with van der Waals surface area (Å²) in [6.45, 7) is 5.80. The number of carbonyl (C=O) groups excluding carboxylic acids is 1. The Morgan fingerprint density at radius 3 is 2.55 bits per heavy atom. The molecule has 0 saturated heterocycles. The number of carboxylic acids is 1. The average molecular weight is 537 g/mol. The predicted molar refractivity (Wildman–Crippen MR) is 154 cm³/mol. The summed E-state index contributed by atoms with van der Waals surface area (Å²) >= 11 is 0. The van der Waals surface area contributed by atoms with E-state index in [9.17, 15) is 14.7 Å². The fourth-order valence-corrected chi connectivity index (χ4v) is 6.45. The van der Waals surface area contributed by atoms with Crippen LogP contribution in [0.2, 0.25) is 0 Å². The largest absolute Gasteiger partial charge is 0.481 e. The van der Waals surface area contributed by atoms with Crippen LogP contribution in [0.1, 0.15) is 82.3 Å². The summed E-state index contributed by atoms with van der Waals surface area (Å²) in [5.41, 5.74) is 8.99. The first-order valence-corrected chi connectivity index (χ1v) is 14.5. The SMILES string of the molecule is Cc1c2ccc3c1nnn3CCCCCCc1ccc(cc1)C(=O)N1CCc3ccc(cc3C1)[C@H]2[C@H](C)C(=O)O. The van der Waals surface area contributed by atoms with Crippen LogP contribution in [0.25, 0.3) is 11.0 Å². The van der Waals surface area contributed by atoms with Crippen LogP contribution in [0.4, 0.5) is 0 Å². The number of rotatable bonds is 2. The summed E-state index contributed by atoms with van der Waals surface area (Å²) in [6, 6.07) is 18.5. The normalized spacial score (nSPS) is 18.7. The van der Waals surface area contributed by atoms with Crippen molar-refractivity contribution in [2.24, 2.45) is 5.92 Å². The number of hydrogen-bond acceptors (Lipinski definition) is 4. The van der Waals surface area contributed by atoms with Crippen LogP contribution in [0, 0.1) is 12.8 Å². The van der Waals surface area contributed by atoms with E-state index in [1.54, 1.807) is 6.92 Å². The van der Waals surface area contributed by atoms with Gasteiger partial charge in [-0.3, -0.25) is 9.59 Å². The fourth-order valence-electron chi connectivity index (χ4n) is 6.45. The molecule has 0 unspecified atom stereocenters. The van der Waals surface area contributed by atoms with Crippen LogP contribution in [-0.4, -0.2) is 43.4 Å². The van der Waals surface area contributed by atoms with Gasteiger partial charge in [-0.05, 0) is 84.2 Å². The maximum Gasteiger partial charge on any atom is 0.307 e. The van der Waals surface area contributed by atoms with Gasteiger partial charge in [0, 0.05) is 31.1 Å². The predicted octanol–water partition coefficient (Wildman–Crippen LogP) is 5.91. The summed E-state index contributed by atoms with van der Waals surface area (Å²) in [5.74, 6) is -1.79. The van der Waals surface area contributed by atoms with Crippen molar-refractivity contribution in [1.29, 1.82) is 0 Å². The third-order valence-corrected chi connectivity index (χ3v) is 8.88. The van der Waals surface area contributed by atoms with Crippen LogP contribution >= 0.6 is 0 Å². The molecule has 3 aromatic carbocycles. The molecule has 0 saturated carbocycles. The Balaban J connectivity index is 1.44. The summed E-state index contributed by atoms with van der Waals surface area (Å²) in [5, 5.41) is 19.1. The van der Waals surface area contributed by atoms with Crippen molar-refractivity contribution in [3.8, 4) is 0 Å². The third-order valence-electron chi connectivity index (χ3n) is 8.88. The number of benzene rings is 3. The third kappa shape index (κ3) is 4.89. The second-order valence-electron chi connectivity index (χ2n) is 11.4. The molecule has 1 amide bonds. The quantitative estimate of drug-likeness (QED) is 0.344. The second-order valence-corrected chi connectivity index (χ2v) is 11.4. The smallest absolute Gasteiger partial charge is 0.307 e. The van der Waals surface area contributed by atoms with E-state index in [4.69, 9.17) is 0 Å². The standard InChI is InChI=1S/C33H36N4O3/c1-21-28-14-15-29-31(21)34-35-37(29)17-6-4-3-5-7-23-8-10-25(11-9-23)32(38)36-18-16-24-12-13-26(19-27(24)20-36)30(28)22(2)33(39)40/h8-15,19,22,30H,3-7,16-18,20H2,1-2H3,(H,39,40)/t22-,30+/m0/s1. The molecule has 5 aliphatic heterocycles. The van der Waals surface area contributed by atoms with Crippen LogP contribution in [0.15, 0.2) is 54.6 Å². The lowest BCUT2D eigenvalue weighted by atomic mass is 9.78. The van der Waals surface area contributed by atoms with Crippen molar-refractivity contribution in [2.75, 3.05) is 6.54 Å². The average Bonchev–Trinajstić information content (AvgIpc) is 3.39. The van der Waals surface area contributed by atoms with Gasteiger partial charge in [0.25, 0.3) is 5.91 Å². The zero-order chi connectivity index (χ0) is 27.8. The molecule has 7 nitrogen and oxygen atoms in total. The molecule has 9 bridgehead atoms. The molecule has 40 heavy (non-hydrogen) atoms. The van der Waals surface area contributed by atoms with Crippen molar-refractivity contribution in [3.63, 3.8) is 0 Å². The van der Waals surface area contributed by atoms with Gasteiger partial charge < -0.3 is 10.0 Å². The van der Waals surface area contributed by atoms with E-state index in [1.807, 2.05) is 34.7 Å². The first-order chi connectivity index (χ1) is 19.4. The van der Waals surface area contributed by atoms with Gasteiger partial charge >= 0.3 is 5.97 Å². The molecule has 6 heterocycles. The maximum atomic E-state index is 13.4. The van der Waals surface area contributed by atoms with Gasteiger partial charge in [-0.15, -0.1) is 5.10 Å². The molecule has 5 aliphatic rings. The van der Waals surface area contributed by atoms with Gasteiger partial charge in [-0.2, -0.15) is 0 Å². The van der Waals surface area contributed by atoms with Crippen molar-refractivity contribution in [1.82, 2.24) is 19.9 Å². The van der Waals surface area contributed by atoms with Crippen molar-refractivity contribution in [3.05, 3.63) is 93.5 Å². The molecule has 206 valence electrons. The Morgan fingerprint density at radius 1 is 0.950 bits per heavy atom. The highest BCUT2D eigenvalue weighted by Gasteiger charge is 2.31. The van der Waals surface area contributed by atoms with E-state index in [-0.39, 0.29) is 11.8 Å². The summed E-state index contributed by atoms with van der Waals surface area (Å²) in [7, 11) is 0. The Bertz CT molecular complexity index is 1570. The van der Waals surface area contributed by atoms with E-state index >= 15 is 0 Å². The molecule has 0 fully saturated rings. The van der Waals surface area contributed by atoms with Gasteiger partial charge in [0.2, 0.25) is 0 Å². The summed E-state index contributed by atoms with van der Waals surface area (Å²) < 4.78 is 1.98. The zero-order valence-electron chi connectivity index (χ0n) is 23.3. The number of carbonyl (C=O) groups is 2. The molecular weight excluding hydrogens is 500 g/mol. The molecule has 1 aromatic heterocycles. The van der Waals surface area contributed by atoms with Crippen molar-refractivity contribution >= 4 is 22.9 Å². The number of amides is 1. The lowest BCUT2D eigenvalue weighted by Crippen LogP contribution is -2.36. The minimum atomic E-state index is -0.840. The lowest BCUT2D eigenvalue weighted by molar-refractivity contribution is -0.141. The molecule has 9 rings (SSSR count). The Hall–Kier alpha value is -4.00. The van der Waals surface area contributed by atoms with Crippen LogP contribution in [0.3, 0.4) is 0 Å². The maximum absolute atomic E-state index is 13.4. The van der Waals surface area contributed by atoms with E-state index in [2.05, 4.69) is 46.7 Å². The molecule has 1 N–H and O–H groups in total. The highest BCUT2D eigenvalue weighted by molar-refractivity contribution is 5.94. The van der Waals surface area contributed by atoms with Crippen LogP contribution in [-0.2, 0) is 30.7 Å². The van der Waals surface area contributed by atoms with Gasteiger partial charge in [0.15, 0.2) is 0 Å². The molecule has 0 aliphatic carbocycles. The van der Waals surface area contributed by atoms with E-state index in [0.717, 1.165) is 83.9 Å². The van der Waals surface area contributed by atoms with Crippen LogP contribution in [0.5, 0.6) is 0 Å². The summed E-state index contributed by atoms with van der Waals surface area (Å²) in [4.78, 5) is 27.7. The first-order valence-electron chi connectivity index (χ1n) is 14.5. The second kappa shape index (κ2) is 10.9. The number of aliphatic carboxylic acids is 1. The Labute approximate surface area is 234 Å². The number of aryl methyl sites for hydroxylation is 3. The van der Waals surface area contributed by atoms with Gasteiger partial charge in [-0.25, -0.2) is 4.68 Å². The van der Waals surface area contributed by atoms with Crippen LogP contribution < -0.4 is 0 Å². The minimum absolute atomic E-state index is 0.0459. The lowest BCUT2D eigenvalue weighted by Gasteiger charge is -2.31. The van der Waals surface area contributed by atoms with E-state index < -0.39 is 11.9 Å². The monoisotopic (exact) mass is 536 g/mol. The number of carboxylic acid groups (broad SMARTS) is 1. The number of hydrogen-bond donors (Lipinski definition) is 1. The molecule has 4 aromatic rings. The topological polar surface area (TPSA) is 88.3 Å². The van der Waals surface area contributed by atoms with Gasteiger partial charge in [0.05, 0.1) is 11.4 Å². The highest BCUT2D eigenvalue weighted by atomic mass is 16.4. The number of nitrogens with zero attached hydrogens (tertiary/aromatic N) is 4. The minimum Gasteiger partial charge on any atom is -0.481 e. The zero-order valence-corrected chi connectivity index (χ0v) is 23.3.